The van der Waals surface area contributed by atoms with Crippen molar-refractivity contribution in [1.82, 2.24) is 0 Å². The largest absolute Gasteiger partial charge is 0.0998 e. The van der Waals surface area contributed by atoms with Crippen LogP contribution in [-0.4, -0.2) is 0 Å². The van der Waals surface area contributed by atoms with E-state index in [-0.39, 0.29) is 0 Å². The van der Waals surface area contributed by atoms with Gasteiger partial charge in [-0.05, 0) is 29.4 Å². The molecule has 0 aromatic heterocycles. The second kappa shape index (κ2) is 3.10. The van der Waals surface area contributed by atoms with E-state index in [1.807, 2.05) is 0 Å². The fourth-order valence-electron chi connectivity index (χ4n) is 3.37. The van der Waals surface area contributed by atoms with E-state index in [1.165, 1.54) is 16.7 Å². The molecule has 0 radical (unpaired) electrons. The molecule has 0 amide bonds. The van der Waals surface area contributed by atoms with E-state index in [0.717, 1.165) is 12.8 Å². The first-order valence-electron chi connectivity index (χ1n) is 6.05. The van der Waals surface area contributed by atoms with Crippen LogP contribution in [0.5, 0.6) is 0 Å². The summed E-state index contributed by atoms with van der Waals surface area (Å²) < 4.78 is 0. The summed E-state index contributed by atoms with van der Waals surface area (Å²) in [5.74, 6) is 0.604. The Morgan fingerprint density at radius 2 is 2.00 bits per heavy atom. The van der Waals surface area contributed by atoms with Gasteiger partial charge in [-0.2, -0.15) is 0 Å². The number of rotatable bonds is 0. The van der Waals surface area contributed by atoms with Crippen molar-refractivity contribution in [2.75, 3.05) is 0 Å². The Labute approximate surface area is 97.7 Å². The van der Waals surface area contributed by atoms with Crippen LogP contribution in [0.3, 0.4) is 0 Å². The summed E-state index contributed by atoms with van der Waals surface area (Å²) in [5.41, 5.74) is 6.24. The van der Waals surface area contributed by atoms with Gasteiger partial charge in [-0.15, -0.1) is 0 Å². The molecular weight excluding hydrogens is 192 g/mol. The van der Waals surface area contributed by atoms with E-state index < -0.39 is 0 Å². The Kier molecular flexibility index (Phi) is 1.92. The van der Waals surface area contributed by atoms with Gasteiger partial charge < -0.3 is 0 Å². The van der Waals surface area contributed by atoms with Crippen LogP contribution in [0.25, 0.3) is 6.08 Å². The van der Waals surface area contributed by atoms with Crippen LogP contribution >= 0.6 is 0 Å². The molecule has 1 aromatic carbocycles. The quantitative estimate of drug-likeness (QED) is 0.551. The lowest BCUT2D eigenvalue weighted by Crippen LogP contribution is -2.24. The molecule has 3 rings (SSSR count). The molecule has 0 nitrogen and oxygen atoms in total. The smallest absolute Gasteiger partial charge is 0.00999 e. The summed E-state index contributed by atoms with van der Waals surface area (Å²) in [6.07, 6.45) is 4.70. The zero-order chi connectivity index (χ0) is 11.3. The molecule has 1 unspecified atom stereocenters. The van der Waals surface area contributed by atoms with Crippen LogP contribution in [0.15, 0.2) is 42.0 Å². The standard InChI is InChI=1S/C16H18/c1-11-8-14-13-7-5-4-6-12(13)9-15(14)16(2,3)10-11/h4-7,9,14H,1,8,10H2,2-3H3. The van der Waals surface area contributed by atoms with Crippen LogP contribution in [0.1, 0.15) is 43.7 Å². The van der Waals surface area contributed by atoms with E-state index in [1.54, 1.807) is 5.57 Å². The van der Waals surface area contributed by atoms with Gasteiger partial charge in [0.2, 0.25) is 0 Å². The fourth-order valence-corrected chi connectivity index (χ4v) is 3.37. The van der Waals surface area contributed by atoms with Gasteiger partial charge in [-0.25, -0.2) is 0 Å². The molecule has 0 heteroatoms. The van der Waals surface area contributed by atoms with Crippen molar-refractivity contribution in [3.63, 3.8) is 0 Å². The van der Waals surface area contributed by atoms with Crippen molar-refractivity contribution in [3.05, 3.63) is 53.1 Å². The average Bonchev–Trinajstić information content (AvgIpc) is 2.57. The zero-order valence-electron chi connectivity index (χ0n) is 10.1. The van der Waals surface area contributed by atoms with Gasteiger partial charge in [-0.3, -0.25) is 0 Å². The first kappa shape index (κ1) is 9.89. The van der Waals surface area contributed by atoms with E-state index in [2.05, 4.69) is 50.8 Å². The van der Waals surface area contributed by atoms with Crippen LogP contribution in [-0.2, 0) is 0 Å². The van der Waals surface area contributed by atoms with Crippen molar-refractivity contribution < 1.29 is 0 Å². The zero-order valence-corrected chi connectivity index (χ0v) is 10.1. The molecule has 2 aliphatic rings. The highest BCUT2D eigenvalue weighted by molar-refractivity contribution is 5.68. The molecule has 1 aromatic rings. The Bertz CT molecular complexity index is 489. The molecule has 0 bridgehead atoms. The number of benzene rings is 1. The van der Waals surface area contributed by atoms with Gasteiger partial charge >= 0.3 is 0 Å². The second-order valence-corrected chi connectivity index (χ2v) is 5.80. The van der Waals surface area contributed by atoms with Gasteiger partial charge in [0.05, 0.1) is 0 Å². The molecule has 0 spiro atoms. The lowest BCUT2D eigenvalue weighted by atomic mass is 9.67. The predicted octanol–water partition coefficient (Wildman–Crippen LogP) is 4.54. The topological polar surface area (TPSA) is 0 Å². The Morgan fingerprint density at radius 3 is 2.81 bits per heavy atom. The summed E-state index contributed by atoms with van der Waals surface area (Å²) in [5, 5.41) is 0. The van der Waals surface area contributed by atoms with Crippen molar-refractivity contribution in [1.29, 1.82) is 0 Å². The molecule has 0 N–H and O–H groups in total. The molecule has 1 atom stereocenters. The van der Waals surface area contributed by atoms with Crippen LogP contribution in [0.4, 0.5) is 0 Å². The van der Waals surface area contributed by atoms with Gasteiger partial charge in [0.25, 0.3) is 0 Å². The maximum atomic E-state index is 4.22. The number of fused-ring (bicyclic) bond motifs is 3. The van der Waals surface area contributed by atoms with Crippen molar-refractivity contribution in [2.24, 2.45) is 5.41 Å². The normalized spacial score (nSPS) is 26.0. The SMILES string of the molecule is C=C1CC2C(=Cc3ccccc32)C(C)(C)C1. The minimum absolute atomic E-state index is 0.291. The van der Waals surface area contributed by atoms with E-state index in [9.17, 15) is 0 Å². The van der Waals surface area contributed by atoms with Crippen LogP contribution in [0, 0.1) is 5.41 Å². The highest BCUT2D eigenvalue weighted by Crippen LogP contribution is 2.54. The molecule has 2 aliphatic carbocycles. The van der Waals surface area contributed by atoms with Gasteiger partial charge in [0, 0.05) is 5.92 Å². The predicted molar refractivity (Wildman–Crippen MR) is 69.3 cm³/mol. The Morgan fingerprint density at radius 1 is 1.25 bits per heavy atom. The Hall–Kier alpha value is -1.30. The minimum Gasteiger partial charge on any atom is -0.0998 e. The minimum atomic E-state index is 0.291. The summed E-state index contributed by atoms with van der Waals surface area (Å²) in [6.45, 7) is 8.91. The van der Waals surface area contributed by atoms with Crippen molar-refractivity contribution in [2.45, 2.75) is 32.6 Å². The van der Waals surface area contributed by atoms with Gasteiger partial charge in [0.1, 0.15) is 0 Å². The summed E-state index contributed by atoms with van der Waals surface area (Å²) in [4.78, 5) is 0. The maximum absolute atomic E-state index is 4.22. The first-order valence-corrected chi connectivity index (χ1v) is 6.05. The molecule has 0 aliphatic heterocycles. The number of allylic oxidation sites excluding steroid dienone is 2. The van der Waals surface area contributed by atoms with Gasteiger partial charge in [-0.1, -0.05) is 61.9 Å². The summed E-state index contributed by atoms with van der Waals surface area (Å²) in [6, 6.07) is 8.80. The summed E-state index contributed by atoms with van der Waals surface area (Å²) >= 11 is 0. The van der Waals surface area contributed by atoms with Crippen molar-refractivity contribution >= 4 is 6.08 Å². The lowest BCUT2D eigenvalue weighted by molar-refractivity contribution is 0.378. The number of hydrogen-bond donors (Lipinski definition) is 0. The first-order chi connectivity index (χ1) is 7.58. The van der Waals surface area contributed by atoms with E-state index in [4.69, 9.17) is 0 Å². The molecule has 82 valence electrons. The van der Waals surface area contributed by atoms with Crippen LogP contribution in [0.2, 0.25) is 0 Å². The monoisotopic (exact) mass is 210 g/mol. The van der Waals surface area contributed by atoms with E-state index in [0.29, 0.717) is 11.3 Å². The second-order valence-electron chi connectivity index (χ2n) is 5.80. The lowest BCUT2D eigenvalue weighted by Gasteiger charge is -2.38. The highest BCUT2D eigenvalue weighted by atomic mass is 14.4. The van der Waals surface area contributed by atoms with E-state index >= 15 is 0 Å². The third-order valence-electron chi connectivity index (χ3n) is 4.02. The average molecular weight is 210 g/mol. The molecule has 16 heavy (non-hydrogen) atoms. The molecule has 0 heterocycles. The third kappa shape index (κ3) is 1.29. The van der Waals surface area contributed by atoms with Crippen LogP contribution < -0.4 is 0 Å². The Balaban J connectivity index is 2.14. The maximum Gasteiger partial charge on any atom is 0.00999 e. The number of hydrogen-bond acceptors (Lipinski definition) is 0. The molecule has 0 saturated heterocycles. The van der Waals surface area contributed by atoms with Gasteiger partial charge in [0.15, 0.2) is 0 Å². The van der Waals surface area contributed by atoms with Crippen molar-refractivity contribution in [3.8, 4) is 0 Å². The molecule has 1 saturated carbocycles. The molecule has 1 fully saturated rings. The summed E-state index contributed by atoms with van der Waals surface area (Å²) in [7, 11) is 0. The third-order valence-corrected chi connectivity index (χ3v) is 4.02. The molecular formula is C16H18. The fraction of sp³-hybridized carbons (Fsp3) is 0.375. The highest BCUT2D eigenvalue weighted by Gasteiger charge is 2.39.